The van der Waals surface area contributed by atoms with E-state index in [1.165, 1.54) is 25.7 Å². The Labute approximate surface area is 391 Å². The molecule has 4 fully saturated rings. The summed E-state index contributed by atoms with van der Waals surface area (Å²) in [5.41, 5.74) is 13.5. The zero-order chi connectivity index (χ0) is 44.7. The number of fused-ring (bicyclic) bond motifs is 2. The normalized spacial score (nSPS) is 18.1. The molecule has 4 N–H and O–H groups in total. The number of benzene rings is 2. The van der Waals surface area contributed by atoms with Gasteiger partial charge in [-0.2, -0.15) is 10.2 Å². The van der Waals surface area contributed by atoms with E-state index in [1.807, 2.05) is 47.5 Å². The number of imidazole rings is 4. The summed E-state index contributed by atoms with van der Waals surface area (Å²) in [7, 11) is 0. The van der Waals surface area contributed by atoms with Gasteiger partial charge in [-0.25, -0.2) is 29.0 Å². The summed E-state index contributed by atoms with van der Waals surface area (Å²) in [5, 5.41) is 16.9. The van der Waals surface area contributed by atoms with Crippen LogP contribution in [0.2, 0.25) is 5.15 Å². The Morgan fingerprint density at radius 2 is 1.04 bits per heavy atom. The van der Waals surface area contributed by atoms with Crippen LogP contribution >= 0.6 is 11.6 Å². The van der Waals surface area contributed by atoms with Crippen molar-refractivity contribution in [3.05, 3.63) is 127 Å². The molecule has 338 valence electrons. The maximum absolute atomic E-state index is 6.33. The smallest absolute Gasteiger partial charge is 0.177 e. The van der Waals surface area contributed by atoms with Gasteiger partial charge in [0.05, 0.1) is 76.8 Å². The minimum atomic E-state index is 0.229. The average molecular weight is 913 g/mol. The molecule has 9 aromatic rings. The lowest BCUT2D eigenvalue weighted by Gasteiger charge is -2.14. The van der Waals surface area contributed by atoms with Gasteiger partial charge >= 0.3 is 0 Å². The van der Waals surface area contributed by atoms with Gasteiger partial charge in [-0.05, 0) is 80.7 Å². The molecule has 2 atom stereocenters. The molecule has 2 aliphatic carbocycles. The lowest BCUT2D eigenvalue weighted by atomic mass is 10.1. The van der Waals surface area contributed by atoms with Crippen molar-refractivity contribution in [1.29, 1.82) is 0 Å². The van der Waals surface area contributed by atoms with Crippen LogP contribution in [0.4, 0.5) is 11.4 Å². The minimum Gasteiger partial charge on any atom is -0.379 e. The molecule has 4 aliphatic rings. The number of hydrogen-bond donors (Lipinski definition) is 4. The molecule has 7 aromatic heterocycles. The van der Waals surface area contributed by atoms with Crippen LogP contribution in [-0.2, 0) is 9.47 Å². The van der Waals surface area contributed by atoms with Crippen molar-refractivity contribution >= 4 is 34.3 Å². The highest BCUT2D eigenvalue weighted by atomic mass is 35.5. The maximum Gasteiger partial charge on any atom is 0.177 e. The predicted molar refractivity (Wildman–Crippen MR) is 259 cm³/mol. The Bertz CT molecular complexity index is 3140. The summed E-state index contributed by atoms with van der Waals surface area (Å²) < 4.78 is 15.3. The number of aromatic nitrogens is 11. The highest BCUT2D eigenvalue weighted by molar-refractivity contribution is 6.29. The second-order valence-corrected chi connectivity index (χ2v) is 18.3. The van der Waals surface area contributed by atoms with Crippen LogP contribution < -0.4 is 10.6 Å². The van der Waals surface area contributed by atoms with E-state index < -0.39 is 0 Å². The Morgan fingerprint density at radius 1 is 0.552 bits per heavy atom. The van der Waals surface area contributed by atoms with Crippen molar-refractivity contribution < 1.29 is 9.47 Å². The Kier molecular flexibility index (Phi) is 11.2. The molecule has 67 heavy (non-hydrogen) atoms. The zero-order valence-electron chi connectivity index (χ0n) is 36.9. The second-order valence-electron chi connectivity index (χ2n) is 17.9. The largest absolute Gasteiger partial charge is 0.379 e. The van der Waals surface area contributed by atoms with Crippen molar-refractivity contribution in [3.63, 3.8) is 0 Å². The van der Waals surface area contributed by atoms with Gasteiger partial charge in [-0.3, -0.25) is 4.98 Å². The monoisotopic (exact) mass is 911 g/mol. The minimum absolute atomic E-state index is 0.229. The van der Waals surface area contributed by atoms with Crippen LogP contribution in [0, 0.1) is 0 Å². The molecule has 2 saturated carbocycles. The topological polar surface area (TPSA) is 173 Å². The first-order chi connectivity index (χ1) is 33.1. The summed E-state index contributed by atoms with van der Waals surface area (Å²) in [6, 6.07) is 24.7. The van der Waals surface area contributed by atoms with Crippen molar-refractivity contribution in [2.24, 2.45) is 0 Å². The summed E-state index contributed by atoms with van der Waals surface area (Å²) in [6.07, 6.45) is 21.0. The lowest BCUT2D eigenvalue weighted by Crippen LogP contribution is -2.19. The van der Waals surface area contributed by atoms with Crippen molar-refractivity contribution in [1.82, 2.24) is 54.1 Å². The van der Waals surface area contributed by atoms with Crippen molar-refractivity contribution in [2.45, 2.75) is 75.4 Å². The van der Waals surface area contributed by atoms with E-state index in [0.29, 0.717) is 17.0 Å². The number of H-pyrrole nitrogens is 2. The molecule has 9 heterocycles. The third-order valence-corrected chi connectivity index (χ3v) is 13.3. The first-order valence-electron chi connectivity index (χ1n) is 23.4. The summed E-state index contributed by atoms with van der Waals surface area (Å²) >= 11 is 6.33. The SMILES string of the molecule is Clc1cc(NC[C@@H]2CCCO2)c2ncc(-c3ccc(-c4cnc(C5CC5)[nH]4)cc3)n2n1.c1cc(-c2cc(NC[C@@H]3CCCO3)c3ncc(-c4ccc(-c5cnc(C6CC6)[nH]5)cc4)n3n2)ccn1. The standard InChI is InChI=1S/C28H27N7O.C23H23ClN6O/c1-2-22(36-13-1)15-30-24-14-23(19-9-11-29-12-10-19)34-35-26(17-32-28(24)35)20-5-3-18(4-6-20)25-16-31-27(33-25)21-7-8-21;24-21-10-18(25-11-17-2-1-9-31-17)23-27-13-20(30(23)29-21)15-5-3-14(4-6-15)19-12-26-22(28-19)16-7-8-16/h3-6,9-12,14,16-17,21-22,30H,1-2,7-8,13,15H2,(H,31,33);3-6,10,12-13,16-17,25H,1-2,7-9,11H2,(H,26,28)/t22-;17-/m00/s1. The first-order valence-corrected chi connectivity index (χ1v) is 23.8. The third-order valence-electron chi connectivity index (χ3n) is 13.1. The fraction of sp³-hybridized carbons (Fsp3) is 0.314. The average Bonchev–Trinajstić information content (AvgIpc) is 3.85. The lowest BCUT2D eigenvalue weighted by molar-refractivity contribution is 0.120. The van der Waals surface area contributed by atoms with Crippen LogP contribution in [0.5, 0.6) is 0 Å². The van der Waals surface area contributed by atoms with E-state index >= 15 is 0 Å². The van der Waals surface area contributed by atoms with E-state index in [0.717, 1.165) is 143 Å². The molecule has 2 aliphatic heterocycles. The molecule has 0 bridgehead atoms. The Morgan fingerprint density at radius 3 is 1.54 bits per heavy atom. The number of halogens is 1. The Hall–Kier alpha value is -6.94. The van der Waals surface area contributed by atoms with E-state index in [1.54, 1.807) is 16.9 Å². The highest BCUT2D eigenvalue weighted by Gasteiger charge is 2.28. The highest BCUT2D eigenvalue weighted by Crippen LogP contribution is 2.40. The zero-order valence-corrected chi connectivity index (χ0v) is 37.7. The fourth-order valence-electron chi connectivity index (χ4n) is 9.02. The van der Waals surface area contributed by atoms with E-state index in [4.69, 9.17) is 31.2 Å². The summed E-state index contributed by atoms with van der Waals surface area (Å²) in [5.74, 6) is 3.43. The van der Waals surface area contributed by atoms with Gasteiger partial charge in [0.15, 0.2) is 16.4 Å². The number of ether oxygens (including phenoxy) is 2. The number of nitrogens with zero attached hydrogens (tertiary/aromatic N) is 9. The van der Waals surface area contributed by atoms with Gasteiger partial charge in [0.2, 0.25) is 0 Å². The van der Waals surface area contributed by atoms with Crippen molar-refractivity contribution in [3.8, 4) is 56.3 Å². The van der Waals surface area contributed by atoms with E-state index in [-0.39, 0.29) is 12.2 Å². The first kappa shape index (κ1) is 41.5. The molecule has 0 unspecified atom stereocenters. The van der Waals surface area contributed by atoms with Crippen LogP contribution in [0.1, 0.15) is 74.9 Å². The molecular formula is C51H50ClN13O2. The van der Waals surface area contributed by atoms with Crippen LogP contribution in [-0.4, -0.2) is 92.6 Å². The number of rotatable bonds is 13. The Balaban J connectivity index is 0.000000141. The van der Waals surface area contributed by atoms with Gasteiger partial charge < -0.3 is 30.1 Å². The van der Waals surface area contributed by atoms with Gasteiger partial charge in [0.1, 0.15) is 11.6 Å². The molecule has 0 spiro atoms. The van der Waals surface area contributed by atoms with Crippen LogP contribution in [0.25, 0.3) is 67.6 Å². The summed E-state index contributed by atoms with van der Waals surface area (Å²) in [6.45, 7) is 3.16. The predicted octanol–water partition coefficient (Wildman–Crippen LogP) is 10.2. The van der Waals surface area contributed by atoms with Gasteiger partial charge in [0, 0.05) is 73.3 Å². The van der Waals surface area contributed by atoms with Gasteiger partial charge in [0.25, 0.3) is 0 Å². The van der Waals surface area contributed by atoms with Gasteiger partial charge in [-0.15, -0.1) is 0 Å². The number of pyridine rings is 1. The molecule has 13 rings (SSSR count). The number of anilines is 2. The molecule has 2 aromatic carbocycles. The quantitative estimate of drug-likeness (QED) is 0.0867. The van der Waals surface area contributed by atoms with Gasteiger partial charge in [-0.1, -0.05) is 60.1 Å². The molecular weight excluding hydrogens is 862 g/mol. The molecule has 16 heteroatoms. The number of aromatic amines is 2. The molecule has 0 radical (unpaired) electrons. The third kappa shape index (κ3) is 8.89. The van der Waals surface area contributed by atoms with E-state index in [9.17, 15) is 0 Å². The van der Waals surface area contributed by atoms with Crippen LogP contribution in [0.15, 0.2) is 110 Å². The number of nitrogens with one attached hydrogen (secondary N) is 4. The molecule has 0 amide bonds. The molecule has 15 nitrogen and oxygen atoms in total. The van der Waals surface area contributed by atoms with Crippen LogP contribution in [0.3, 0.4) is 0 Å². The maximum atomic E-state index is 6.33. The molecule has 2 saturated heterocycles. The van der Waals surface area contributed by atoms with E-state index in [2.05, 4.69) is 100 Å². The number of hydrogen-bond acceptors (Lipinski definition) is 11. The fourth-order valence-corrected chi connectivity index (χ4v) is 9.20. The summed E-state index contributed by atoms with van der Waals surface area (Å²) in [4.78, 5) is 29.5. The van der Waals surface area contributed by atoms with Crippen molar-refractivity contribution in [2.75, 3.05) is 36.9 Å². The second kappa shape index (κ2) is 18.0.